The van der Waals surface area contributed by atoms with Gasteiger partial charge in [-0.25, -0.2) is 0 Å². The van der Waals surface area contributed by atoms with E-state index < -0.39 is 0 Å². The molecule has 4 nitrogen and oxygen atoms in total. The second kappa shape index (κ2) is 5.48. The van der Waals surface area contributed by atoms with E-state index in [4.69, 9.17) is 0 Å². The van der Waals surface area contributed by atoms with Crippen molar-refractivity contribution in [2.75, 3.05) is 6.54 Å². The molecule has 0 radical (unpaired) electrons. The van der Waals surface area contributed by atoms with Gasteiger partial charge >= 0.3 is 0 Å². The molecule has 1 aromatic heterocycles. The number of para-hydroxylation sites is 1. The van der Waals surface area contributed by atoms with Crippen LogP contribution in [-0.4, -0.2) is 22.7 Å². The van der Waals surface area contributed by atoms with Crippen LogP contribution < -0.4 is 5.32 Å². The van der Waals surface area contributed by atoms with Crippen molar-refractivity contribution >= 4 is 22.5 Å². The first-order chi connectivity index (χ1) is 14.1. The highest BCUT2D eigenvalue weighted by atomic mass is 16.1. The second-order valence-corrected chi connectivity index (χ2v) is 8.02. The summed E-state index contributed by atoms with van der Waals surface area (Å²) in [5.41, 5.74) is 4.36. The zero-order chi connectivity index (χ0) is 19.8. The zero-order valence-corrected chi connectivity index (χ0v) is 16.0. The van der Waals surface area contributed by atoms with Gasteiger partial charge in [-0.05, 0) is 37.0 Å². The molecule has 29 heavy (non-hydrogen) atoms. The van der Waals surface area contributed by atoms with Crippen LogP contribution in [0.3, 0.4) is 0 Å². The fraction of sp³-hybridized carbons (Fsp3) is 0.200. The minimum absolute atomic E-state index is 0.0878. The van der Waals surface area contributed by atoms with E-state index in [0.29, 0.717) is 22.7 Å². The van der Waals surface area contributed by atoms with Crippen molar-refractivity contribution < 1.29 is 9.59 Å². The Bertz CT molecular complexity index is 1350. The highest BCUT2D eigenvalue weighted by molar-refractivity contribution is 6.20. The molecule has 1 saturated heterocycles. The lowest BCUT2D eigenvalue weighted by molar-refractivity contribution is 0.100. The number of aromatic nitrogens is 1. The van der Waals surface area contributed by atoms with Crippen molar-refractivity contribution in [1.82, 2.24) is 9.88 Å². The topological polar surface area (TPSA) is 51.1 Å². The zero-order valence-electron chi connectivity index (χ0n) is 16.0. The smallest absolute Gasteiger partial charge is 0.211 e. The maximum atomic E-state index is 13.7. The van der Waals surface area contributed by atoms with Crippen molar-refractivity contribution in [2.24, 2.45) is 5.92 Å². The van der Waals surface area contributed by atoms with Crippen LogP contribution in [0, 0.1) is 17.9 Å². The lowest BCUT2D eigenvalue weighted by Gasteiger charge is -2.25. The van der Waals surface area contributed by atoms with Gasteiger partial charge in [0.05, 0.1) is 5.52 Å². The summed E-state index contributed by atoms with van der Waals surface area (Å²) in [7, 11) is 0. The summed E-state index contributed by atoms with van der Waals surface area (Å²) in [4.78, 5) is 26.7. The van der Waals surface area contributed by atoms with Gasteiger partial charge in [0.1, 0.15) is 5.69 Å². The van der Waals surface area contributed by atoms with Crippen molar-refractivity contribution in [3.05, 3.63) is 82.7 Å². The number of nitrogens with one attached hydrogen (secondary N) is 1. The Morgan fingerprint density at radius 1 is 1.21 bits per heavy atom. The number of piperidine rings is 1. The second-order valence-electron chi connectivity index (χ2n) is 8.02. The first-order valence-corrected chi connectivity index (χ1v) is 9.87. The molecule has 140 valence electrons. The molecule has 2 aromatic carbocycles. The molecule has 2 atom stereocenters. The summed E-state index contributed by atoms with van der Waals surface area (Å²) in [6, 6.07) is 18.4. The average molecular weight is 378 g/mol. The summed E-state index contributed by atoms with van der Waals surface area (Å²) >= 11 is 0. The minimum Gasteiger partial charge on any atom is -0.387 e. The van der Waals surface area contributed by atoms with Crippen molar-refractivity contribution in [2.45, 2.75) is 18.8 Å². The van der Waals surface area contributed by atoms with E-state index >= 15 is 0 Å². The van der Waals surface area contributed by atoms with Gasteiger partial charge in [0, 0.05) is 46.3 Å². The van der Waals surface area contributed by atoms with Crippen LogP contribution >= 0.6 is 0 Å². The predicted octanol–water partition coefficient (Wildman–Crippen LogP) is 3.64. The van der Waals surface area contributed by atoms with Crippen LogP contribution in [-0.2, 0) is 5.41 Å². The molecular weight excluding hydrogens is 360 g/mol. The normalized spacial score (nSPS) is 23.3. The Hall–Kier alpha value is -3.58. The van der Waals surface area contributed by atoms with Crippen LogP contribution in [0.5, 0.6) is 0 Å². The molecule has 1 saturated carbocycles. The van der Waals surface area contributed by atoms with E-state index in [9.17, 15) is 9.59 Å². The third-order valence-electron chi connectivity index (χ3n) is 6.60. The fourth-order valence-electron chi connectivity index (χ4n) is 5.23. The van der Waals surface area contributed by atoms with Gasteiger partial charge in [-0.2, -0.15) is 0 Å². The summed E-state index contributed by atoms with van der Waals surface area (Å²) < 4.78 is 1.74. The van der Waals surface area contributed by atoms with Gasteiger partial charge in [-0.3, -0.25) is 14.2 Å². The van der Waals surface area contributed by atoms with Crippen molar-refractivity contribution in [3.63, 3.8) is 0 Å². The van der Waals surface area contributed by atoms with Crippen molar-refractivity contribution in [1.29, 1.82) is 0 Å². The SMILES string of the molecule is CC#Cn1c(C(=O)c2cccc3c2C(=O)C=C2NC[C@H]4C[C@]234)cc2ccccc21. The van der Waals surface area contributed by atoms with E-state index in [1.54, 1.807) is 23.6 Å². The molecule has 3 aliphatic rings. The monoisotopic (exact) mass is 378 g/mol. The number of carbonyl (C=O) groups excluding carboxylic acids is 2. The molecule has 0 amide bonds. The molecule has 0 bridgehead atoms. The van der Waals surface area contributed by atoms with Gasteiger partial charge in [0.2, 0.25) is 5.78 Å². The molecule has 2 heterocycles. The Morgan fingerprint density at radius 3 is 2.90 bits per heavy atom. The first-order valence-electron chi connectivity index (χ1n) is 9.87. The molecule has 4 heteroatoms. The largest absolute Gasteiger partial charge is 0.387 e. The van der Waals surface area contributed by atoms with Crippen LogP contribution in [0.25, 0.3) is 10.9 Å². The van der Waals surface area contributed by atoms with Gasteiger partial charge in [0.15, 0.2) is 5.78 Å². The third-order valence-corrected chi connectivity index (χ3v) is 6.60. The number of hydrogen-bond donors (Lipinski definition) is 1. The number of allylic oxidation sites excluding steroid dienone is 2. The molecule has 0 unspecified atom stereocenters. The molecule has 2 fully saturated rings. The summed E-state index contributed by atoms with van der Waals surface area (Å²) in [6.07, 6.45) is 2.75. The highest BCUT2D eigenvalue weighted by Gasteiger charge is 2.64. The molecule has 1 spiro atoms. The van der Waals surface area contributed by atoms with Crippen LogP contribution in [0.1, 0.15) is 45.3 Å². The Labute approximate surface area is 168 Å². The van der Waals surface area contributed by atoms with E-state index in [2.05, 4.69) is 17.3 Å². The number of carbonyl (C=O) groups is 2. The summed E-state index contributed by atoms with van der Waals surface area (Å²) in [5.74, 6) is 3.17. The molecular formula is C25H18N2O2. The van der Waals surface area contributed by atoms with E-state index in [1.165, 1.54) is 0 Å². The quantitative estimate of drug-likeness (QED) is 0.547. The molecule has 1 N–H and O–H groups in total. The maximum Gasteiger partial charge on any atom is 0.211 e. The van der Waals surface area contributed by atoms with E-state index in [0.717, 1.165) is 35.1 Å². The van der Waals surface area contributed by atoms with E-state index in [1.807, 2.05) is 42.5 Å². The number of nitrogens with zero attached hydrogens (tertiary/aromatic N) is 1. The third kappa shape index (κ3) is 2.00. The van der Waals surface area contributed by atoms with Gasteiger partial charge in [-0.15, -0.1) is 0 Å². The van der Waals surface area contributed by atoms with Crippen LogP contribution in [0.4, 0.5) is 0 Å². The van der Waals surface area contributed by atoms with Gasteiger partial charge < -0.3 is 5.32 Å². The number of hydrogen-bond acceptors (Lipinski definition) is 3. The standard InChI is InChI=1S/C25H18N2O2/c1-2-10-27-19-9-4-3-6-15(19)11-20(27)24(29)17-7-5-8-18-23(17)21(28)12-22-25(18)13-16(25)14-26-22/h3-9,11-12,16,26H,13-14H2,1H3/t16-,25-/m1/s1. The highest BCUT2D eigenvalue weighted by Crippen LogP contribution is 2.63. The average Bonchev–Trinajstić information content (AvgIpc) is 3.19. The number of ketones is 2. The molecule has 6 rings (SSSR count). The molecule has 1 aliphatic heterocycles. The van der Waals surface area contributed by atoms with Gasteiger partial charge in [0.25, 0.3) is 0 Å². The summed E-state index contributed by atoms with van der Waals surface area (Å²) in [5, 5.41) is 4.33. The van der Waals surface area contributed by atoms with Crippen molar-refractivity contribution in [3.8, 4) is 12.0 Å². The Balaban J connectivity index is 1.57. The first kappa shape index (κ1) is 16.4. The van der Waals surface area contributed by atoms with Crippen LogP contribution in [0.15, 0.2) is 60.3 Å². The molecule has 2 aliphatic carbocycles. The maximum absolute atomic E-state index is 13.7. The summed E-state index contributed by atoms with van der Waals surface area (Å²) in [6.45, 7) is 2.65. The lowest BCUT2D eigenvalue weighted by atomic mass is 9.79. The van der Waals surface area contributed by atoms with Gasteiger partial charge in [-0.1, -0.05) is 42.3 Å². The minimum atomic E-state index is -0.162. The Kier molecular flexibility index (Phi) is 3.10. The number of fused-ring (bicyclic) bond motifs is 2. The predicted molar refractivity (Wildman–Crippen MR) is 111 cm³/mol. The molecule has 3 aromatic rings. The number of rotatable bonds is 2. The fourth-order valence-corrected chi connectivity index (χ4v) is 5.23. The lowest BCUT2D eigenvalue weighted by Crippen LogP contribution is -2.27. The van der Waals surface area contributed by atoms with Crippen LogP contribution in [0.2, 0.25) is 0 Å². The van der Waals surface area contributed by atoms with E-state index in [-0.39, 0.29) is 17.0 Å². The Morgan fingerprint density at radius 2 is 2.07 bits per heavy atom. The number of benzene rings is 2.